The highest BCUT2D eigenvalue weighted by Gasteiger charge is 2.50. The molecule has 1 aromatic heterocycles. The second-order valence-corrected chi connectivity index (χ2v) is 10.1. The SMILES string of the molecule is Cc1cc(-c2oc3cc(O)cc(O)c3c(=O)c2O[C@@H]2O[C@H](CO)[C@@H](O)[C@H](O)[C@H]2O[C@@H]2OC[C@@H](O)[C@H](O)[C@H]2O)ccc1O. The molecule has 42 heavy (non-hydrogen) atoms. The van der Waals surface area contributed by atoms with Crippen LogP contribution in [0.2, 0.25) is 0 Å². The summed E-state index contributed by atoms with van der Waals surface area (Å²) in [5.41, 5.74) is -0.584. The Morgan fingerprint density at radius 3 is 2.33 bits per heavy atom. The van der Waals surface area contributed by atoms with Crippen molar-refractivity contribution in [1.29, 1.82) is 0 Å². The highest BCUT2D eigenvalue weighted by Crippen LogP contribution is 2.38. The summed E-state index contributed by atoms with van der Waals surface area (Å²) in [6.45, 7) is 0.327. The molecule has 2 aliphatic rings. The summed E-state index contributed by atoms with van der Waals surface area (Å²) in [6, 6.07) is 6.17. The van der Waals surface area contributed by atoms with Crippen LogP contribution < -0.4 is 10.2 Å². The van der Waals surface area contributed by atoms with Crippen LogP contribution >= 0.6 is 0 Å². The first-order chi connectivity index (χ1) is 19.9. The maximum atomic E-state index is 13.7. The minimum atomic E-state index is -1.86. The van der Waals surface area contributed by atoms with Gasteiger partial charge >= 0.3 is 0 Å². The molecule has 0 unspecified atom stereocenters. The van der Waals surface area contributed by atoms with E-state index in [0.717, 1.165) is 12.1 Å². The average Bonchev–Trinajstić information content (AvgIpc) is 2.94. The summed E-state index contributed by atoms with van der Waals surface area (Å²) in [7, 11) is 0. The van der Waals surface area contributed by atoms with Crippen LogP contribution in [0.4, 0.5) is 0 Å². The summed E-state index contributed by atoms with van der Waals surface area (Å²) in [4.78, 5) is 13.7. The lowest BCUT2D eigenvalue weighted by atomic mass is 9.98. The number of benzene rings is 2. The standard InChI is InChI=1S/C27H30O15/c1-9-4-10(2-3-12(9)30)23-24(20(35)17-13(31)5-11(29)6-15(17)39-23)41-27-25(21(36)19(34)16(7-28)40-27)42-26-22(37)18(33)14(32)8-38-26/h2-6,14,16,18-19,21-22,25-34,36-37H,7-8H2,1H3/t14-,16-,18+,19-,21+,22-,25-,26+,27+/m1/s1. The molecule has 0 spiro atoms. The number of aliphatic hydroxyl groups is 6. The van der Waals surface area contributed by atoms with E-state index in [1.54, 1.807) is 6.92 Å². The van der Waals surface area contributed by atoms with E-state index in [4.69, 9.17) is 23.4 Å². The van der Waals surface area contributed by atoms with Crippen molar-refractivity contribution >= 4 is 11.0 Å². The molecule has 2 aromatic carbocycles. The fourth-order valence-electron chi connectivity index (χ4n) is 4.83. The largest absolute Gasteiger partial charge is 0.508 e. The van der Waals surface area contributed by atoms with Crippen molar-refractivity contribution in [1.82, 2.24) is 0 Å². The number of rotatable bonds is 6. The van der Waals surface area contributed by atoms with Crippen molar-refractivity contribution < 1.29 is 69.3 Å². The Labute approximate surface area is 236 Å². The zero-order chi connectivity index (χ0) is 30.5. The van der Waals surface area contributed by atoms with Gasteiger partial charge in [-0.2, -0.15) is 0 Å². The van der Waals surface area contributed by atoms with Crippen molar-refractivity contribution in [2.24, 2.45) is 0 Å². The minimum absolute atomic E-state index is 0.0648. The molecule has 2 aliphatic heterocycles. The van der Waals surface area contributed by atoms with Gasteiger partial charge in [-0.3, -0.25) is 4.79 Å². The smallest absolute Gasteiger partial charge is 0.239 e. The Hall–Kier alpha value is -3.51. The van der Waals surface area contributed by atoms with Gasteiger partial charge in [0.05, 0.1) is 13.2 Å². The molecule has 0 amide bonds. The summed E-state index contributed by atoms with van der Waals surface area (Å²) >= 11 is 0. The van der Waals surface area contributed by atoms with Crippen LogP contribution in [0.5, 0.6) is 23.0 Å². The fourth-order valence-corrected chi connectivity index (χ4v) is 4.83. The van der Waals surface area contributed by atoms with E-state index in [9.17, 15) is 50.8 Å². The van der Waals surface area contributed by atoms with Crippen molar-refractivity contribution in [2.75, 3.05) is 13.2 Å². The van der Waals surface area contributed by atoms with Gasteiger partial charge in [0.15, 0.2) is 18.2 Å². The Morgan fingerprint density at radius 1 is 0.905 bits per heavy atom. The second-order valence-electron chi connectivity index (χ2n) is 10.1. The van der Waals surface area contributed by atoms with Crippen LogP contribution in [0.15, 0.2) is 39.5 Å². The third-order valence-corrected chi connectivity index (χ3v) is 7.18. The number of aliphatic hydroxyl groups excluding tert-OH is 6. The molecule has 0 bridgehead atoms. The summed E-state index contributed by atoms with van der Waals surface area (Å²) in [6.07, 6.45) is -15.2. The lowest BCUT2D eigenvalue weighted by Gasteiger charge is -2.44. The topological polar surface area (TPSA) is 249 Å². The van der Waals surface area contributed by atoms with Crippen molar-refractivity contribution in [3.8, 4) is 34.3 Å². The molecule has 0 radical (unpaired) electrons. The minimum Gasteiger partial charge on any atom is -0.508 e. The third kappa shape index (κ3) is 5.37. The van der Waals surface area contributed by atoms with Crippen LogP contribution in [-0.4, -0.2) is 114 Å². The van der Waals surface area contributed by atoms with Gasteiger partial charge in [0.1, 0.15) is 64.8 Å². The molecule has 0 aliphatic carbocycles. The van der Waals surface area contributed by atoms with E-state index < -0.39 is 96.6 Å². The second kappa shape index (κ2) is 11.6. The number of aromatic hydroxyl groups is 3. The number of phenols is 3. The zero-order valence-electron chi connectivity index (χ0n) is 22.0. The van der Waals surface area contributed by atoms with Gasteiger partial charge in [-0.25, -0.2) is 0 Å². The molecule has 3 aromatic rings. The first kappa shape index (κ1) is 30.0. The van der Waals surface area contributed by atoms with E-state index in [-0.39, 0.29) is 22.7 Å². The normalized spacial score (nSPS) is 31.7. The van der Waals surface area contributed by atoms with Gasteiger partial charge in [-0.15, -0.1) is 0 Å². The summed E-state index contributed by atoms with van der Waals surface area (Å²) in [5, 5.41) is 91.4. The predicted octanol–water partition coefficient (Wildman–Crippen LogP) is -1.47. The van der Waals surface area contributed by atoms with Gasteiger partial charge < -0.3 is 69.3 Å². The molecule has 9 N–H and O–H groups in total. The number of hydrogen-bond acceptors (Lipinski definition) is 15. The molecular formula is C27H30O15. The molecule has 15 nitrogen and oxygen atoms in total. The van der Waals surface area contributed by atoms with Crippen molar-refractivity contribution in [2.45, 2.75) is 62.2 Å². The monoisotopic (exact) mass is 594 g/mol. The molecular weight excluding hydrogens is 564 g/mol. The molecule has 2 fully saturated rings. The molecule has 3 heterocycles. The molecule has 228 valence electrons. The fraction of sp³-hybridized carbons (Fsp3) is 0.444. The van der Waals surface area contributed by atoms with Crippen molar-refractivity contribution in [3.63, 3.8) is 0 Å². The highest BCUT2D eigenvalue weighted by molar-refractivity contribution is 5.88. The van der Waals surface area contributed by atoms with Gasteiger partial charge in [-0.1, -0.05) is 0 Å². The van der Waals surface area contributed by atoms with Crippen molar-refractivity contribution in [3.05, 3.63) is 46.1 Å². The Balaban J connectivity index is 1.62. The molecule has 0 saturated carbocycles. The zero-order valence-corrected chi connectivity index (χ0v) is 22.0. The lowest BCUT2D eigenvalue weighted by molar-refractivity contribution is -0.345. The van der Waals surface area contributed by atoms with Crippen LogP contribution in [0, 0.1) is 6.92 Å². The van der Waals surface area contributed by atoms with E-state index in [0.29, 0.717) is 5.56 Å². The van der Waals surface area contributed by atoms with E-state index in [1.165, 1.54) is 18.2 Å². The molecule has 5 rings (SSSR count). The van der Waals surface area contributed by atoms with Gasteiger partial charge in [0.2, 0.25) is 17.5 Å². The Morgan fingerprint density at radius 2 is 1.64 bits per heavy atom. The maximum absolute atomic E-state index is 13.7. The predicted molar refractivity (Wildman–Crippen MR) is 139 cm³/mol. The molecule has 15 heteroatoms. The molecule has 2 saturated heterocycles. The van der Waals surface area contributed by atoms with Crippen LogP contribution in [-0.2, 0) is 14.2 Å². The van der Waals surface area contributed by atoms with E-state index in [1.807, 2.05) is 0 Å². The highest BCUT2D eigenvalue weighted by atomic mass is 16.8. The number of hydrogen-bond donors (Lipinski definition) is 9. The Bertz CT molecular complexity index is 1510. The quantitative estimate of drug-likeness (QED) is 0.158. The van der Waals surface area contributed by atoms with E-state index in [2.05, 4.69) is 0 Å². The Kier molecular flexibility index (Phi) is 8.30. The van der Waals surface area contributed by atoms with Gasteiger partial charge in [0, 0.05) is 17.7 Å². The lowest BCUT2D eigenvalue weighted by Crippen LogP contribution is -2.64. The number of aryl methyl sites for hydroxylation is 1. The van der Waals surface area contributed by atoms with Crippen LogP contribution in [0.3, 0.4) is 0 Å². The van der Waals surface area contributed by atoms with Crippen LogP contribution in [0.1, 0.15) is 5.56 Å². The van der Waals surface area contributed by atoms with Gasteiger partial charge in [0.25, 0.3) is 0 Å². The first-order valence-electron chi connectivity index (χ1n) is 12.8. The molecule has 9 atom stereocenters. The first-order valence-corrected chi connectivity index (χ1v) is 12.8. The summed E-state index contributed by atoms with van der Waals surface area (Å²) in [5.74, 6) is -1.96. The van der Waals surface area contributed by atoms with E-state index >= 15 is 0 Å². The maximum Gasteiger partial charge on any atom is 0.239 e. The number of ether oxygens (including phenoxy) is 4. The number of phenolic OH excluding ortho intramolecular Hbond substituents is 3. The number of fused-ring (bicyclic) bond motifs is 1. The van der Waals surface area contributed by atoms with Gasteiger partial charge in [-0.05, 0) is 30.7 Å². The third-order valence-electron chi connectivity index (χ3n) is 7.18. The van der Waals surface area contributed by atoms with Crippen LogP contribution in [0.25, 0.3) is 22.3 Å². The summed E-state index contributed by atoms with van der Waals surface area (Å²) < 4.78 is 28.3. The average molecular weight is 595 g/mol.